The minimum atomic E-state index is -0.213. The van der Waals surface area contributed by atoms with Gasteiger partial charge in [-0.05, 0) is 56.3 Å². The van der Waals surface area contributed by atoms with Gasteiger partial charge < -0.3 is 9.47 Å². The van der Waals surface area contributed by atoms with Crippen molar-refractivity contribution >= 4 is 22.4 Å². The summed E-state index contributed by atoms with van der Waals surface area (Å²) in [6.45, 7) is 3.89. The van der Waals surface area contributed by atoms with Crippen LogP contribution in [-0.2, 0) is 0 Å². The van der Waals surface area contributed by atoms with Crippen molar-refractivity contribution < 1.29 is 14.3 Å². The molecule has 5 nitrogen and oxygen atoms in total. The van der Waals surface area contributed by atoms with E-state index in [1.165, 1.54) is 11.3 Å². The lowest BCUT2D eigenvalue weighted by Crippen LogP contribution is -2.12. The summed E-state index contributed by atoms with van der Waals surface area (Å²) in [5, 5.41) is 5.30. The van der Waals surface area contributed by atoms with E-state index >= 15 is 0 Å². The summed E-state index contributed by atoms with van der Waals surface area (Å²) in [6.07, 6.45) is 0.0549. The second-order valence-corrected chi connectivity index (χ2v) is 6.77. The maximum atomic E-state index is 12.5. The van der Waals surface area contributed by atoms with Crippen LogP contribution in [0.25, 0.3) is 11.3 Å². The highest BCUT2D eigenvalue weighted by Gasteiger charge is 2.11. The Balaban J connectivity index is 1.71. The van der Waals surface area contributed by atoms with E-state index < -0.39 is 0 Å². The Morgan fingerprint density at radius 3 is 2.58 bits per heavy atom. The Hall–Kier alpha value is -2.86. The summed E-state index contributed by atoms with van der Waals surface area (Å²) in [5.74, 6) is 1.25. The van der Waals surface area contributed by atoms with Crippen molar-refractivity contribution in [2.75, 3.05) is 12.4 Å². The molecule has 3 aromatic rings. The Morgan fingerprint density at radius 1 is 1.12 bits per heavy atom. The van der Waals surface area contributed by atoms with Crippen LogP contribution in [0.3, 0.4) is 0 Å². The van der Waals surface area contributed by atoms with Gasteiger partial charge >= 0.3 is 0 Å². The molecule has 0 radical (unpaired) electrons. The van der Waals surface area contributed by atoms with Gasteiger partial charge in [0, 0.05) is 16.5 Å². The molecular weight excluding hydrogens is 348 g/mol. The molecule has 0 aliphatic heterocycles. The molecule has 0 saturated heterocycles. The van der Waals surface area contributed by atoms with Crippen LogP contribution in [0.4, 0.5) is 5.13 Å². The van der Waals surface area contributed by atoms with E-state index in [1.54, 1.807) is 25.3 Å². The largest absolute Gasteiger partial charge is 0.497 e. The van der Waals surface area contributed by atoms with Gasteiger partial charge in [-0.3, -0.25) is 10.1 Å². The molecular formula is C20H20N2O3S. The van der Waals surface area contributed by atoms with Crippen LogP contribution < -0.4 is 14.8 Å². The average molecular weight is 368 g/mol. The summed E-state index contributed by atoms with van der Waals surface area (Å²) in [5.41, 5.74) is 2.31. The highest BCUT2D eigenvalue weighted by Crippen LogP contribution is 2.27. The normalized spacial score (nSPS) is 10.6. The van der Waals surface area contributed by atoms with Gasteiger partial charge in [0.15, 0.2) is 5.13 Å². The molecule has 3 rings (SSSR count). The molecule has 0 bridgehead atoms. The monoisotopic (exact) mass is 368 g/mol. The van der Waals surface area contributed by atoms with Gasteiger partial charge in [0.05, 0.1) is 18.9 Å². The fourth-order valence-corrected chi connectivity index (χ4v) is 3.09. The first kappa shape index (κ1) is 17.9. The predicted molar refractivity (Wildman–Crippen MR) is 104 cm³/mol. The first-order valence-electron chi connectivity index (χ1n) is 8.23. The number of benzene rings is 2. The van der Waals surface area contributed by atoms with E-state index in [0.29, 0.717) is 16.4 Å². The Morgan fingerprint density at radius 2 is 1.88 bits per heavy atom. The third kappa shape index (κ3) is 4.40. The van der Waals surface area contributed by atoms with Crippen molar-refractivity contribution in [2.45, 2.75) is 20.0 Å². The first-order chi connectivity index (χ1) is 12.5. The van der Waals surface area contributed by atoms with Crippen LogP contribution >= 0.6 is 11.3 Å². The molecule has 134 valence electrons. The van der Waals surface area contributed by atoms with Gasteiger partial charge in [-0.1, -0.05) is 6.07 Å². The number of carbonyl (C=O) groups is 1. The molecule has 0 atom stereocenters. The number of hydrogen-bond acceptors (Lipinski definition) is 5. The fourth-order valence-electron chi connectivity index (χ4n) is 2.38. The molecule has 0 aliphatic rings. The number of thiazole rings is 1. The number of rotatable bonds is 6. The molecule has 26 heavy (non-hydrogen) atoms. The lowest BCUT2D eigenvalue weighted by Gasteiger charge is -2.10. The standard InChI is InChI=1S/C20H20N2O3S/c1-13(2)25-17-6-4-5-15(11-17)19(23)22-20-21-18(12-26-20)14-7-9-16(24-3)10-8-14/h4-13H,1-3H3,(H,21,22,23). The number of nitrogens with one attached hydrogen (secondary N) is 1. The van der Waals surface area contributed by atoms with Crippen molar-refractivity contribution in [3.63, 3.8) is 0 Å². The number of nitrogens with zero attached hydrogens (tertiary/aromatic N) is 1. The van der Waals surface area contributed by atoms with Crippen LogP contribution in [0, 0.1) is 0 Å². The van der Waals surface area contributed by atoms with Crippen LogP contribution in [-0.4, -0.2) is 24.1 Å². The highest BCUT2D eigenvalue weighted by molar-refractivity contribution is 7.14. The summed E-state index contributed by atoms with van der Waals surface area (Å²) in [4.78, 5) is 17.0. The molecule has 6 heteroatoms. The summed E-state index contributed by atoms with van der Waals surface area (Å²) < 4.78 is 10.8. The molecule has 1 heterocycles. The number of hydrogen-bond donors (Lipinski definition) is 1. The van der Waals surface area contributed by atoms with Gasteiger partial charge in [0.2, 0.25) is 0 Å². The topological polar surface area (TPSA) is 60.5 Å². The highest BCUT2D eigenvalue weighted by atomic mass is 32.1. The molecule has 2 aromatic carbocycles. The molecule has 1 aromatic heterocycles. The van der Waals surface area contributed by atoms with Crippen LogP contribution in [0.15, 0.2) is 53.9 Å². The number of ether oxygens (including phenoxy) is 2. The van der Waals surface area contributed by atoms with Gasteiger partial charge in [-0.2, -0.15) is 0 Å². The van der Waals surface area contributed by atoms with Gasteiger partial charge in [-0.15, -0.1) is 11.3 Å². The van der Waals surface area contributed by atoms with E-state index in [9.17, 15) is 4.79 Å². The van der Waals surface area contributed by atoms with Gasteiger partial charge in [0.1, 0.15) is 11.5 Å². The summed E-state index contributed by atoms with van der Waals surface area (Å²) >= 11 is 1.39. The number of aromatic nitrogens is 1. The quantitative estimate of drug-likeness (QED) is 0.675. The zero-order valence-electron chi connectivity index (χ0n) is 14.9. The number of amides is 1. The Labute approximate surface area is 156 Å². The number of methoxy groups -OCH3 is 1. The van der Waals surface area contributed by atoms with Crippen molar-refractivity contribution in [2.24, 2.45) is 0 Å². The number of anilines is 1. The van der Waals surface area contributed by atoms with Gasteiger partial charge in [-0.25, -0.2) is 4.98 Å². The SMILES string of the molecule is COc1ccc(-c2csc(NC(=O)c3cccc(OC(C)C)c3)n2)cc1. The Kier molecular flexibility index (Phi) is 5.53. The van der Waals surface area contributed by atoms with Crippen molar-refractivity contribution in [1.82, 2.24) is 4.98 Å². The minimum Gasteiger partial charge on any atom is -0.497 e. The predicted octanol–water partition coefficient (Wildman–Crippen LogP) is 4.86. The third-order valence-corrected chi connectivity index (χ3v) is 4.34. The molecule has 0 unspecified atom stereocenters. The third-order valence-electron chi connectivity index (χ3n) is 3.58. The van der Waals surface area contributed by atoms with E-state index in [1.807, 2.05) is 49.6 Å². The zero-order chi connectivity index (χ0) is 18.5. The fraction of sp³-hybridized carbons (Fsp3) is 0.200. The molecule has 0 aliphatic carbocycles. The van der Waals surface area contributed by atoms with Crippen molar-refractivity contribution in [3.8, 4) is 22.8 Å². The molecule has 1 amide bonds. The lowest BCUT2D eigenvalue weighted by atomic mass is 10.2. The summed E-state index contributed by atoms with van der Waals surface area (Å²) in [6, 6.07) is 14.8. The van der Waals surface area contributed by atoms with Crippen LogP contribution in [0.5, 0.6) is 11.5 Å². The molecule has 0 saturated carbocycles. The van der Waals surface area contributed by atoms with Crippen LogP contribution in [0.1, 0.15) is 24.2 Å². The van der Waals surface area contributed by atoms with E-state index in [-0.39, 0.29) is 12.0 Å². The first-order valence-corrected chi connectivity index (χ1v) is 9.11. The molecule has 1 N–H and O–H groups in total. The van der Waals surface area contributed by atoms with E-state index in [2.05, 4.69) is 10.3 Å². The maximum absolute atomic E-state index is 12.5. The molecule has 0 fully saturated rings. The Bertz CT molecular complexity index is 888. The smallest absolute Gasteiger partial charge is 0.257 e. The second-order valence-electron chi connectivity index (χ2n) is 5.91. The van der Waals surface area contributed by atoms with E-state index in [0.717, 1.165) is 17.0 Å². The summed E-state index contributed by atoms with van der Waals surface area (Å²) in [7, 11) is 1.63. The molecule has 0 spiro atoms. The van der Waals surface area contributed by atoms with Crippen LogP contribution in [0.2, 0.25) is 0 Å². The zero-order valence-corrected chi connectivity index (χ0v) is 15.7. The maximum Gasteiger partial charge on any atom is 0.257 e. The second kappa shape index (κ2) is 8.01. The van der Waals surface area contributed by atoms with E-state index in [4.69, 9.17) is 9.47 Å². The van der Waals surface area contributed by atoms with Crippen molar-refractivity contribution in [3.05, 3.63) is 59.5 Å². The minimum absolute atomic E-state index is 0.0549. The average Bonchev–Trinajstić information content (AvgIpc) is 3.10. The van der Waals surface area contributed by atoms with Gasteiger partial charge in [0.25, 0.3) is 5.91 Å². The van der Waals surface area contributed by atoms with Crippen molar-refractivity contribution in [1.29, 1.82) is 0 Å². The number of carbonyl (C=O) groups excluding carboxylic acids is 1. The lowest BCUT2D eigenvalue weighted by molar-refractivity contribution is 0.102.